The van der Waals surface area contributed by atoms with Gasteiger partial charge < -0.3 is 4.74 Å². The monoisotopic (exact) mass is 334 g/mol. The molecule has 19 heavy (non-hydrogen) atoms. The van der Waals surface area contributed by atoms with E-state index in [2.05, 4.69) is 25.9 Å². The van der Waals surface area contributed by atoms with Crippen LogP contribution in [0.2, 0.25) is 5.02 Å². The van der Waals surface area contributed by atoms with Crippen molar-refractivity contribution in [2.75, 3.05) is 0 Å². The number of fused-ring (bicyclic) bond motifs is 1. The van der Waals surface area contributed by atoms with Gasteiger partial charge in [0.25, 0.3) is 0 Å². The van der Waals surface area contributed by atoms with Crippen LogP contribution in [-0.2, 0) is 0 Å². The van der Waals surface area contributed by atoms with Gasteiger partial charge in [-0.1, -0.05) is 33.6 Å². The van der Waals surface area contributed by atoms with Crippen molar-refractivity contribution in [1.82, 2.24) is 9.97 Å². The zero-order valence-electron chi connectivity index (χ0n) is 9.68. The van der Waals surface area contributed by atoms with Gasteiger partial charge in [0.15, 0.2) is 0 Å². The largest absolute Gasteiger partial charge is 0.438 e. The lowest BCUT2D eigenvalue weighted by atomic mass is 10.2. The lowest BCUT2D eigenvalue weighted by molar-refractivity contribution is 0.468. The zero-order chi connectivity index (χ0) is 13.2. The second kappa shape index (κ2) is 5.15. The van der Waals surface area contributed by atoms with Crippen LogP contribution >= 0.6 is 27.5 Å². The summed E-state index contributed by atoms with van der Waals surface area (Å²) in [4.78, 5) is 8.35. The van der Waals surface area contributed by atoms with Crippen LogP contribution in [0.25, 0.3) is 10.9 Å². The summed E-state index contributed by atoms with van der Waals surface area (Å²) in [6.45, 7) is 0. The molecule has 94 valence electrons. The molecule has 0 radical (unpaired) electrons. The highest BCUT2D eigenvalue weighted by molar-refractivity contribution is 9.10. The van der Waals surface area contributed by atoms with E-state index in [1.807, 2.05) is 30.3 Å². The molecule has 0 unspecified atom stereocenters. The van der Waals surface area contributed by atoms with Crippen molar-refractivity contribution >= 4 is 38.4 Å². The van der Waals surface area contributed by atoms with Crippen molar-refractivity contribution in [2.45, 2.75) is 0 Å². The molecule has 0 saturated carbocycles. The third-order valence-corrected chi connectivity index (χ3v) is 3.30. The Morgan fingerprint density at radius 3 is 2.79 bits per heavy atom. The topological polar surface area (TPSA) is 35.0 Å². The normalized spacial score (nSPS) is 10.6. The highest BCUT2D eigenvalue weighted by atomic mass is 79.9. The fourth-order valence-electron chi connectivity index (χ4n) is 1.73. The summed E-state index contributed by atoms with van der Waals surface area (Å²) in [5, 5.41) is 1.46. The van der Waals surface area contributed by atoms with E-state index in [0.717, 1.165) is 15.4 Å². The Morgan fingerprint density at radius 2 is 1.95 bits per heavy atom. The molecule has 0 aliphatic carbocycles. The van der Waals surface area contributed by atoms with E-state index < -0.39 is 0 Å². The molecule has 3 nitrogen and oxygen atoms in total. The molecular formula is C14H8BrClN2O. The van der Waals surface area contributed by atoms with Gasteiger partial charge in [-0.15, -0.1) is 0 Å². The average molecular weight is 336 g/mol. The molecule has 2 aromatic carbocycles. The highest BCUT2D eigenvalue weighted by Gasteiger charge is 2.06. The van der Waals surface area contributed by atoms with Crippen LogP contribution in [0.4, 0.5) is 0 Å². The average Bonchev–Trinajstić information content (AvgIpc) is 2.38. The van der Waals surface area contributed by atoms with Gasteiger partial charge in [-0.25, -0.2) is 9.97 Å². The van der Waals surface area contributed by atoms with Gasteiger partial charge in [-0.3, -0.25) is 0 Å². The van der Waals surface area contributed by atoms with Crippen LogP contribution in [0.15, 0.2) is 53.3 Å². The third-order valence-electron chi connectivity index (χ3n) is 2.57. The van der Waals surface area contributed by atoms with Gasteiger partial charge >= 0.3 is 0 Å². The Kier molecular flexibility index (Phi) is 3.36. The molecule has 0 atom stereocenters. The smallest absolute Gasteiger partial charge is 0.230 e. The Morgan fingerprint density at radius 1 is 1.05 bits per heavy atom. The first-order valence-corrected chi connectivity index (χ1v) is 6.73. The van der Waals surface area contributed by atoms with E-state index in [-0.39, 0.29) is 0 Å². The van der Waals surface area contributed by atoms with Gasteiger partial charge in [0.2, 0.25) is 5.88 Å². The first kappa shape index (κ1) is 12.4. The number of halogens is 2. The fourth-order valence-corrected chi connectivity index (χ4v) is 2.27. The summed E-state index contributed by atoms with van der Waals surface area (Å²) in [5.74, 6) is 1.23. The molecular weight excluding hydrogens is 328 g/mol. The lowest BCUT2D eigenvalue weighted by Crippen LogP contribution is -1.91. The minimum atomic E-state index is 0.514. The maximum Gasteiger partial charge on any atom is 0.230 e. The minimum absolute atomic E-state index is 0.514. The third kappa shape index (κ3) is 2.69. The van der Waals surface area contributed by atoms with E-state index in [1.165, 1.54) is 6.33 Å². The molecule has 0 saturated heterocycles. The summed E-state index contributed by atoms with van der Waals surface area (Å²) >= 11 is 9.35. The van der Waals surface area contributed by atoms with Crippen LogP contribution in [0.3, 0.4) is 0 Å². The molecule has 1 heterocycles. The van der Waals surface area contributed by atoms with Gasteiger partial charge in [0, 0.05) is 9.50 Å². The van der Waals surface area contributed by atoms with E-state index in [0.29, 0.717) is 16.7 Å². The lowest BCUT2D eigenvalue weighted by Gasteiger charge is -2.07. The maximum absolute atomic E-state index is 5.94. The second-order valence-electron chi connectivity index (χ2n) is 3.90. The van der Waals surface area contributed by atoms with Crippen LogP contribution in [0.1, 0.15) is 0 Å². The number of hydrogen-bond donors (Lipinski definition) is 0. The maximum atomic E-state index is 5.94. The van der Waals surface area contributed by atoms with Crippen LogP contribution in [0, 0.1) is 0 Å². The number of benzene rings is 2. The number of hydrogen-bond acceptors (Lipinski definition) is 3. The van der Waals surface area contributed by atoms with Crippen molar-refractivity contribution in [2.24, 2.45) is 0 Å². The molecule has 0 aliphatic rings. The first-order chi connectivity index (χ1) is 9.22. The van der Waals surface area contributed by atoms with Gasteiger partial charge in [-0.05, 0) is 36.4 Å². The number of rotatable bonds is 2. The number of nitrogens with zero attached hydrogens (tertiary/aromatic N) is 2. The molecule has 0 fully saturated rings. The Hall–Kier alpha value is -1.65. The van der Waals surface area contributed by atoms with Crippen molar-refractivity contribution in [3.05, 3.63) is 58.3 Å². The number of aromatic nitrogens is 2. The van der Waals surface area contributed by atoms with E-state index >= 15 is 0 Å². The van der Waals surface area contributed by atoms with Crippen molar-refractivity contribution < 1.29 is 4.74 Å². The Labute approximate surface area is 123 Å². The van der Waals surface area contributed by atoms with Crippen molar-refractivity contribution in [3.63, 3.8) is 0 Å². The summed E-state index contributed by atoms with van der Waals surface area (Å²) in [6.07, 6.45) is 1.46. The van der Waals surface area contributed by atoms with Crippen LogP contribution < -0.4 is 4.74 Å². The van der Waals surface area contributed by atoms with Crippen molar-refractivity contribution in [3.8, 4) is 11.6 Å². The minimum Gasteiger partial charge on any atom is -0.438 e. The highest BCUT2D eigenvalue weighted by Crippen LogP contribution is 2.29. The summed E-state index contributed by atoms with van der Waals surface area (Å²) in [5.41, 5.74) is 0.757. The molecule has 3 rings (SSSR count). The molecule has 5 heteroatoms. The molecule has 0 aliphatic heterocycles. The summed E-state index contributed by atoms with van der Waals surface area (Å²) in [7, 11) is 0. The first-order valence-electron chi connectivity index (χ1n) is 5.56. The Bertz CT molecular complexity index is 748. The molecule has 3 aromatic rings. The quantitative estimate of drug-likeness (QED) is 0.672. The number of ether oxygens (including phenoxy) is 1. The summed E-state index contributed by atoms with van der Waals surface area (Å²) < 4.78 is 6.74. The van der Waals surface area contributed by atoms with E-state index in [4.69, 9.17) is 16.3 Å². The zero-order valence-corrected chi connectivity index (χ0v) is 12.0. The van der Waals surface area contributed by atoms with Crippen molar-refractivity contribution in [1.29, 1.82) is 0 Å². The molecule has 0 spiro atoms. The summed E-state index contributed by atoms with van der Waals surface area (Å²) in [6, 6.07) is 13.0. The van der Waals surface area contributed by atoms with E-state index in [1.54, 1.807) is 12.1 Å². The Balaban J connectivity index is 2.06. The fraction of sp³-hybridized carbons (Fsp3) is 0. The standard InChI is InChI=1S/C14H8BrClN2O/c15-9-2-1-3-11(6-9)19-14-12-5-4-10(16)7-13(12)17-8-18-14/h1-8H. The molecule has 0 N–H and O–H groups in total. The van der Waals surface area contributed by atoms with Gasteiger partial charge in [0.05, 0.1) is 10.9 Å². The SMILES string of the molecule is Clc1ccc2c(Oc3cccc(Br)c3)ncnc2c1. The van der Waals surface area contributed by atoms with Crippen LogP contribution in [0.5, 0.6) is 11.6 Å². The molecule has 0 amide bonds. The van der Waals surface area contributed by atoms with Crippen LogP contribution in [-0.4, -0.2) is 9.97 Å². The predicted molar refractivity (Wildman–Crippen MR) is 78.8 cm³/mol. The predicted octanol–water partition coefficient (Wildman–Crippen LogP) is 4.84. The van der Waals surface area contributed by atoms with Gasteiger partial charge in [0.1, 0.15) is 12.1 Å². The van der Waals surface area contributed by atoms with Gasteiger partial charge in [-0.2, -0.15) is 0 Å². The molecule has 1 aromatic heterocycles. The molecule has 0 bridgehead atoms. The second-order valence-corrected chi connectivity index (χ2v) is 5.25. The van der Waals surface area contributed by atoms with E-state index in [9.17, 15) is 0 Å².